The summed E-state index contributed by atoms with van der Waals surface area (Å²) < 4.78 is 0. The second-order valence-corrected chi connectivity index (χ2v) is 5.96. The average Bonchev–Trinajstić information content (AvgIpc) is 2.46. The Labute approximate surface area is 122 Å². The maximum absolute atomic E-state index is 4.62. The van der Waals surface area contributed by atoms with Gasteiger partial charge in [0, 0.05) is 26.1 Å². The zero-order valence-electron chi connectivity index (χ0n) is 13.1. The fraction of sp³-hybridized carbons (Fsp3) is 0.750. The Kier molecular flexibility index (Phi) is 5.62. The van der Waals surface area contributed by atoms with Gasteiger partial charge < -0.3 is 10.6 Å². The van der Waals surface area contributed by atoms with Crippen LogP contribution in [-0.4, -0.2) is 23.6 Å². The number of hydrogen-bond donors (Lipinski definition) is 2. The van der Waals surface area contributed by atoms with Crippen LogP contribution in [0, 0.1) is 11.8 Å². The SMILES string of the molecule is CCCc1nc(NC)cc(NCC2CCCCC2C)n1. The van der Waals surface area contributed by atoms with Gasteiger partial charge in [-0.15, -0.1) is 0 Å². The van der Waals surface area contributed by atoms with Crippen LogP contribution < -0.4 is 10.6 Å². The molecule has 2 unspecified atom stereocenters. The highest BCUT2D eigenvalue weighted by atomic mass is 15.1. The highest BCUT2D eigenvalue weighted by Crippen LogP contribution is 2.29. The van der Waals surface area contributed by atoms with E-state index < -0.39 is 0 Å². The molecule has 0 saturated heterocycles. The summed E-state index contributed by atoms with van der Waals surface area (Å²) in [7, 11) is 1.91. The molecular weight excluding hydrogens is 248 g/mol. The Morgan fingerprint density at radius 1 is 1.20 bits per heavy atom. The molecule has 0 radical (unpaired) electrons. The number of anilines is 2. The van der Waals surface area contributed by atoms with Crippen LogP contribution in [0.15, 0.2) is 6.07 Å². The minimum Gasteiger partial charge on any atom is -0.373 e. The van der Waals surface area contributed by atoms with E-state index in [4.69, 9.17) is 0 Å². The van der Waals surface area contributed by atoms with Crippen LogP contribution in [0.2, 0.25) is 0 Å². The number of aromatic nitrogens is 2. The number of rotatable bonds is 6. The summed E-state index contributed by atoms with van der Waals surface area (Å²) >= 11 is 0. The fourth-order valence-electron chi connectivity index (χ4n) is 2.98. The zero-order valence-corrected chi connectivity index (χ0v) is 13.1. The van der Waals surface area contributed by atoms with E-state index in [0.29, 0.717) is 0 Å². The molecule has 0 aliphatic heterocycles. The summed E-state index contributed by atoms with van der Waals surface area (Å²) in [6, 6.07) is 2.01. The van der Waals surface area contributed by atoms with Crippen molar-refractivity contribution in [2.45, 2.75) is 52.4 Å². The minimum atomic E-state index is 0.784. The first-order valence-corrected chi connectivity index (χ1v) is 8.02. The number of nitrogens with one attached hydrogen (secondary N) is 2. The Balaban J connectivity index is 1.98. The quantitative estimate of drug-likeness (QED) is 0.831. The molecule has 0 amide bonds. The molecule has 1 saturated carbocycles. The lowest BCUT2D eigenvalue weighted by Gasteiger charge is -2.29. The van der Waals surface area contributed by atoms with Gasteiger partial charge in [0.15, 0.2) is 0 Å². The Morgan fingerprint density at radius 2 is 1.95 bits per heavy atom. The monoisotopic (exact) mass is 276 g/mol. The topological polar surface area (TPSA) is 49.8 Å². The minimum absolute atomic E-state index is 0.784. The van der Waals surface area contributed by atoms with Crippen molar-refractivity contribution in [3.63, 3.8) is 0 Å². The molecule has 0 spiro atoms. The number of aryl methyl sites for hydroxylation is 1. The third kappa shape index (κ3) is 4.09. The molecule has 0 aromatic carbocycles. The maximum Gasteiger partial charge on any atom is 0.133 e. The average molecular weight is 276 g/mol. The molecular formula is C16H28N4. The van der Waals surface area contributed by atoms with Crippen LogP contribution in [0.1, 0.15) is 51.8 Å². The standard InChI is InChI=1S/C16H28N4/c1-4-7-14-19-15(17-3)10-16(20-14)18-11-13-9-6-5-8-12(13)2/h10,12-13H,4-9,11H2,1-3H3,(H2,17,18,19,20). The summed E-state index contributed by atoms with van der Waals surface area (Å²) in [5.41, 5.74) is 0. The van der Waals surface area contributed by atoms with Crippen LogP contribution in [0.25, 0.3) is 0 Å². The van der Waals surface area contributed by atoms with Gasteiger partial charge in [-0.3, -0.25) is 0 Å². The molecule has 2 rings (SSSR count). The van der Waals surface area contributed by atoms with Crippen molar-refractivity contribution in [1.82, 2.24) is 9.97 Å². The molecule has 1 aromatic rings. The van der Waals surface area contributed by atoms with E-state index in [-0.39, 0.29) is 0 Å². The molecule has 4 nitrogen and oxygen atoms in total. The van der Waals surface area contributed by atoms with Crippen molar-refractivity contribution in [2.75, 3.05) is 24.2 Å². The summed E-state index contributed by atoms with van der Waals surface area (Å²) in [5.74, 6) is 4.41. The fourth-order valence-corrected chi connectivity index (χ4v) is 2.98. The lowest BCUT2D eigenvalue weighted by Crippen LogP contribution is -2.24. The third-order valence-electron chi connectivity index (χ3n) is 4.34. The molecule has 1 heterocycles. The lowest BCUT2D eigenvalue weighted by atomic mass is 9.80. The smallest absolute Gasteiger partial charge is 0.133 e. The summed E-state index contributed by atoms with van der Waals surface area (Å²) in [6.07, 6.45) is 7.51. The van der Waals surface area contributed by atoms with Gasteiger partial charge in [-0.2, -0.15) is 0 Å². The van der Waals surface area contributed by atoms with Gasteiger partial charge in [0.1, 0.15) is 17.5 Å². The molecule has 0 bridgehead atoms. The third-order valence-corrected chi connectivity index (χ3v) is 4.34. The van der Waals surface area contributed by atoms with E-state index in [9.17, 15) is 0 Å². The zero-order chi connectivity index (χ0) is 14.4. The molecule has 1 aromatic heterocycles. The van der Waals surface area contributed by atoms with E-state index in [2.05, 4.69) is 34.4 Å². The highest BCUT2D eigenvalue weighted by Gasteiger charge is 2.21. The van der Waals surface area contributed by atoms with Gasteiger partial charge in [-0.1, -0.05) is 33.1 Å². The van der Waals surface area contributed by atoms with Gasteiger partial charge in [-0.05, 0) is 24.7 Å². The molecule has 1 aliphatic rings. The Bertz CT molecular complexity index is 419. The van der Waals surface area contributed by atoms with Crippen molar-refractivity contribution < 1.29 is 0 Å². The molecule has 20 heavy (non-hydrogen) atoms. The van der Waals surface area contributed by atoms with E-state index >= 15 is 0 Å². The summed E-state index contributed by atoms with van der Waals surface area (Å²) in [4.78, 5) is 9.11. The van der Waals surface area contributed by atoms with Crippen LogP contribution >= 0.6 is 0 Å². The van der Waals surface area contributed by atoms with E-state index in [0.717, 1.165) is 48.7 Å². The van der Waals surface area contributed by atoms with Crippen LogP contribution in [0.4, 0.5) is 11.6 Å². The maximum atomic E-state index is 4.62. The first-order chi connectivity index (χ1) is 9.72. The van der Waals surface area contributed by atoms with Crippen molar-refractivity contribution in [3.05, 3.63) is 11.9 Å². The van der Waals surface area contributed by atoms with Crippen molar-refractivity contribution in [3.8, 4) is 0 Å². The van der Waals surface area contributed by atoms with Crippen LogP contribution in [0.3, 0.4) is 0 Å². The number of hydrogen-bond acceptors (Lipinski definition) is 4. The van der Waals surface area contributed by atoms with Gasteiger partial charge in [-0.25, -0.2) is 9.97 Å². The van der Waals surface area contributed by atoms with Crippen LogP contribution in [0.5, 0.6) is 0 Å². The lowest BCUT2D eigenvalue weighted by molar-refractivity contribution is 0.268. The highest BCUT2D eigenvalue weighted by molar-refractivity contribution is 5.47. The number of nitrogens with zero attached hydrogens (tertiary/aromatic N) is 2. The van der Waals surface area contributed by atoms with Crippen molar-refractivity contribution in [1.29, 1.82) is 0 Å². The van der Waals surface area contributed by atoms with Gasteiger partial charge in [0.05, 0.1) is 0 Å². The second kappa shape index (κ2) is 7.46. The van der Waals surface area contributed by atoms with Crippen molar-refractivity contribution >= 4 is 11.6 Å². The van der Waals surface area contributed by atoms with Gasteiger partial charge in [0.2, 0.25) is 0 Å². The summed E-state index contributed by atoms with van der Waals surface area (Å²) in [6.45, 7) is 5.58. The first kappa shape index (κ1) is 15.1. The predicted molar refractivity (Wildman–Crippen MR) is 85.2 cm³/mol. The van der Waals surface area contributed by atoms with Gasteiger partial charge in [0.25, 0.3) is 0 Å². The normalized spacial score (nSPS) is 22.6. The predicted octanol–water partition coefficient (Wildman–Crippen LogP) is 3.71. The Hall–Kier alpha value is -1.32. The molecule has 2 atom stereocenters. The van der Waals surface area contributed by atoms with E-state index in [1.54, 1.807) is 0 Å². The molecule has 2 N–H and O–H groups in total. The van der Waals surface area contributed by atoms with E-state index in [1.165, 1.54) is 25.7 Å². The van der Waals surface area contributed by atoms with E-state index in [1.807, 2.05) is 13.1 Å². The molecule has 1 fully saturated rings. The van der Waals surface area contributed by atoms with Crippen LogP contribution in [-0.2, 0) is 6.42 Å². The molecule has 4 heteroatoms. The molecule has 112 valence electrons. The Morgan fingerprint density at radius 3 is 2.65 bits per heavy atom. The van der Waals surface area contributed by atoms with Crippen molar-refractivity contribution in [2.24, 2.45) is 11.8 Å². The molecule has 1 aliphatic carbocycles. The summed E-state index contributed by atoms with van der Waals surface area (Å²) in [5, 5.41) is 6.65. The second-order valence-electron chi connectivity index (χ2n) is 5.96. The first-order valence-electron chi connectivity index (χ1n) is 8.02. The van der Waals surface area contributed by atoms with Gasteiger partial charge >= 0.3 is 0 Å². The largest absolute Gasteiger partial charge is 0.373 e.